The van der Waals surface area contributed by atoms with E-state index >= 15 is 0 Å². The molecule has 0 saturated heterocycles. The van der Waals surface area contributed by atoms with Crippen LogP contribution in [0.4, 0.5) is 5.69 Å². The molecule has 1 amide bonds. The van der Waals surface area contributed by atoms with Crippen molar-refractivity contribution in [3.63, 3.8) is 0 Å². The van der Waals surface area contributed by atoms with Crippen LogP contribution in [-0.2, 0) is 16.0 Å². The monoisotopic (exact) mass is 398 g/mol. The Morgan fingerprint density at radius 2 is 2.00 bits per heavy atom. The number of ether oxygens (including phenoxy) is 2. The van der Waals surface area contributed by atoms with Crippen LogP contribution in [0, 0.1) is 10.1 Å². The maximum Gasteiger partial charge on any atom is 0.339 e. The second-order valence-corrected chi connectivity index (χ2v) is 6.84. The minimum atomic E-state index is -1.04. The average molecular weight is 398 g/mol. The van der Waals surface area contributed by atoms with Crippen LogP contribution < -0.4 is 10.1 Å². The predicted molar refractivity (Wildman–Crippen MR) is 105 cm³/mol. The number of aryl methyl sites for hydroxylation is 1. The summed E-state index contributed by atoms with van der Waals surface area (Å²) in [5.41, 5.74) is 1.91. The molecular weight excluding hydrogens is 376 g/mol. The number of nitro groups is 1. The number of nitrogens with one attached hydrogen (secondary N) is 1. The molecular formula is C21H22N2O6. The smallest absolute Gasteiger partial charge is 0.339 e. The number of esters is 1. The quantitative estimate of drug-likeness (QED) is 0.454. The highest BCUT2D eigenvalue weighted by Crippen LogP contribution is 2.30. The van der Waals surface area contributed by atoms with Crippen LogP contribution in [0.25, 0.3) is 0 Å². The summed E-state index contributed by atoms with van der Waals surface area (Å²) >= 11 is 0. The summed E-state index contributed by atoms with van der Waals surface area (Å²) in [6, 6.07) is 11.6. The number of nitro benzene ring substituents is 1. The first-order valence-corrected chi connectivity index (χ1v) is 9.32. The zero-order valence-corrected chi connectivity index (χ0v) is 16.2. The SMILES string of the molecule is COc1ccc(C(=O)O[C@H](C)C(=O)N[C@@H]2CCCc3ccccc32)cc1[N+](=O)[O-]. The Bertz CT molecular complexity index is 943. The average Bonchev–Trinajstić information content (AvgIpc) is 2.73. The van der Waals surface area contributed by atoms with Crippen LogP contribution in [0.5, 0.6) is 5.75 Å². The molecule has 3 rings (SSSR count). The highest BCUT2D eigenvalue weighted by molar-refractivity contribution is 5.93. The van der Waals surface area contributed by atoms with Gasteiger partial charge in [0.1, 0.15) is 0 Å². The van der Waals surface area contributed by atoms with E-state index in [9.17, 15) is 19.7 Å². The van der Waals surface area contributed by atoms with Crippen molar-refractivity contribution in [2.45, 2.75) is 38.3 Å². The molecule has 0 aromatic heterocycles. The number of amides is 1. The van der Waals surface area contributed by atoms with Gasteiger partial charge in [0.25, 0.3) is 5.91 Å². The lowest BCUT2D eigenvalue weighted by Crippen LogP contribution is -2.39. The molecule has 8 heteroatoms. The van der Waals surface area contributed by atoms with Gasteiger partial charge in [0.05, 0.1) is 23.6 Å². The van der Waals surface area contributed by atoms with Crippen LogP contribution >= 0.6 is 0 Å². The standard InChI is InChI=1S/C21H22N2O6/c1-13(20(24)22-17-9-5-7-14-6-3-4-8-16(14)17)29-21(25)15-10-11-19(28-2)18(12-15)23(26)27/h3-4,6,8,10-13,17H,5,7,9H2,1-2H3,(H,22,24)/t13-,17-/m1/s1. The van der Waals surface area contributed by atoms with Crippen LogP contribution in [-0.4, -0.2) is 30.0 Å². The van der Waals surface area contributed by atoms with Crippen molar-refractivity contribution in [3.05, 3.63) is 69.3 Å². The second-order valence-electron chi connectivity index (χ2n) is 6.84. The van der Waals surface area contributed by atoms with E-state index in [2.05, 4.69) is 5.32 Å². The molecule has 29 heavy (non-hydrogen) atoms. The Hall–Kier alpha value is -3.42. The molecule has 0 unspecified atom stereocenters. The molecule has 8 nitrogen and oxygen atoms in total. The molecule has 1 N–H and O–H groups in total. The summed E-state index contributed by atoms with van der Waals surface area (Å²) in [4.78, 5) is 35.4. The predicted octanol–water partition coefficient (Wildman–Crippen LogP) is 3.34. The number of carbonyl (C=O) groups excluding carboxylic acids is 2. The summed E-state index contributed by atoms with van der Waals surface area (Å²) in [6.45, 7) is 1.47. The topological polar surface area (TPSA) is 108 Å². The van der Waals surface area contributed by atoms with Crippen molar-refractivity contribution in [3.8, 4) is 5.75 Å². The van der Waals surface area contributed by atoms with Crippen molar-refractivity contribution >= 4 is 17.6 Å². The van der Waals surface area contributed by atoms with Gasteiger partial charge < -0.3 is 14.8 Å². The number of fused-ring (bicyclic) bond motifs is 1. The van der Waals surface area contributed by atoms with Crippen LogP contribution in [0.1, 0.15) is 47.3 Å². The van der Waals surface area contributed by atoms with E-state index < -0.39 is 22.9 Å². The van der Waals surface area contributed by atoms with E-state index in [1.807, 2.05) is 24.3 Å². The molecule has 0 saturated carbocycles. The third kappa shape index (κ3) is 4.53. The van der Waals surface area contributed by atoms with Gasteiger partial charge in [-0.3, -0.25) is 14.9 Å². The maximum atomic E-state index is 12.5. The number of nitrogens with zero attached hydrogens (tertiary/aromatic N) is 1. The van der Waals surface area contributed by atoms with Gasteiger partial charge in [-0.1, -0.05) is 24.3 Å². The third-order valence-corrected chi connectivity index (χ3v) is 4.95. The molecule has 0 radical (unpaired) electrons. The summed E-state index contributed by atoms with van der Waals surface area (Å²) < 4.78 is 10.1. The number of rotatable bonds is 6. The lowest BCUT2D eigenvalue weighted by molar-refractivity contribution is -0.385. The largest absolute Gasteiger partial charge is 0.490 e. The molecule has 152 valence electrons. The molecule has 2 atom stereocenters. The Labute approximate surface area is 168 Å². The minimum absolute atomic E-state index is 0.0276. The van der Waals surface area contributed by atoms with Gasteiger partial charge in [0, 0.05) is 6.07 Å². The molecule has 2 aromatic rings. The van der Waals surface area contributed by atoms with Crippen LogP contribution in [0.2, 0.25) is 0 Å². The molecule has 0 bridgehead atoms. The maximum absolute atomic E-state index is 12.5. The van der Waals surface area contributed by atoms with Gasteiger partial charge >= 0.3 is 11.7 Å². The van der Waals surface area contributed by atoms with Crippen molar-refractivity contribution < 1.29 is 24.0 Å². The van der Waals surface area contributed by atoms with Crippen molar-refractivity contribution in [2.75, 3.05) is 7.11 Å². The van der Waals surface area contributed by atoms with E-state index in [1.165, 1.54) is 31.7 Å². The second kappa shape index (κ2) is 8.72. The molecule has 2 aromatic carbocycles. The molecule has 0 fully saturated rings. The van der Waals surface area contributed by atoms with E-state index in [-0.39, 0.29) is 23.0 Å². The summed E-state index contributed by atoms with van der Waals surface area (Å²) in [6.07, 6.45) is 1.71. The molecule has 0 aliphatic heterocycles. The van der Waals surface area contributed by atoms with E-state index in [1.54, 1.807) is 0 Å². The minimum Gasteiger partial charge on any atom is -0.490 e. The zero-order chi connectivity index (χ0) is 21.0. The van der Waals surface area contributed by atoms with E-state index in [0.717, 1.165) is 30.9 Å². The number of hydrogen-bond donors (Lipinski definition) is 1. The normalized spacial score (nSPS) is 16.3. The number of carbonyl (C=O) groups is 2. The highest BCUT2D eigenvalue weighted by atomic mass is 16.6. The molecule has 1 aliphatic rings. The fourth-order valence-electron chi connectivity index (χ4n) is 3.43. The van der Waals surface area contributed by atoms with Crippen molar-refractivity contribution in [1.82, 2.24) is 5.32 Å². The lowest BCUT2D eigenvalue weighted by Gasteiger charge is -2.27. The van der Waals surface area contributed by atoms with Crippen LogP contribution in [0.3, 0.4) is 0 Å². The highest BCUT2D eigenvalue weighted by Gasteiger charge is 2.26. The van der Waals surface area contributed by atoms with E-state index in [0.29, 0.717) is 0 Å². The summed E-state index contributed by atoms with van der Waals surface area (Å²) in [5, 5.41) is 14.1. The molecule has 0 spiro atoms. The Morgan fingerprint density at radius 1 is 1.24 bits per heavy atom. The van der Waals surface area contributed by atoms with Crippen molar-refractivity contribution in [1.29, 1.82) is 0 Å². The fraction of sp³-hybridized carbons (Fsp3) is 0.333. The van der Waals surface area contributed by atoms with E-state index in [4.69, 9.17) is 9.47 Å². The van der Waals surface area contributed by atoms with Gasteiger partial charge in [0.2, 0.25) is 0 Å². The number of methoxy groups -OCH3 is 1. The Kier molecular flexibility index (Phi) is 6.11. The van der Waals surface area contributed by atoms with Gasteiger partial charge in [-0.2, -0.15) is 0 Å². The first-order chi connectivity index (χ1) is 13.9. The Morgan fingerprint density at radius 3 is 2.72 bits per heavy atom. The zero-order valence-electron chi connectivity index (χ0n) is 16.2. The number of benzene rings is 2. The van der Waals surface area contributed by atoms with Crippen LogP contribution in [0.15, 0.2) is 42.5 Å². The Balaban J connectivity index is 1.67. The first-order valence-electron chi connectivity index (χ1n) is 9.32. The molecule has 1 aliphatic carbocycles. The molecule has 0 heterocycles. The summed E-state index contributed by atoms with van der Waals surface area (Å²) in [7, 11) is 1.30. The third-order valence-electron chi connectivity index (χ3n) is 4.95. The fourth-order valence-corrected chi connectivity index (χ4v) is 3.43. The first kappa shape index (κ1) is 20.3. The van der Waals surface area contributed by atoms with Gasteiger partial charge in [0.15, 0.2) is 11.9 Å². The summed E-state index contributed by atoms with van der Waals surface area (Å²) in [5.74, 6) is -1.20. The number of hydrogen-bond acceptors (Lipinski definition) is 6. The van der Waals surface area contributed by atoms with Crippen molar-refractivity contribution in [2.24, 2.45) is 0 Å². The van der Waals surface area contributed by atoms with Gasteiger partial charge in [-0.15, -0.1) is 0 Å². The lowest BCUT2D eigenvalue weighted by atomic mass is 9.87. The van der Waals surface area contributed by atoms with Gasteiger partial charge in [-0.25, -0.2) is 4.79 Å². The van der Waals surface area contributed by atoms with Gasteiger partial charge in [-0.05, 0) is 49.4 Å².